The molecule has 0 aliphatic heterocycles. The molecule has 3 aromatic carbocycles. The van der Waals surface area contributed by atoms with Crippen LogP contribution in [0.4, 0.5) is 0 Å². The highest BCUT2D eigenvalue weighted by Crippen LogP contribution is 2.41. The Hall–Kier alpha value is -4.04. The SMILES string of the molecule is C=CCN=c1scc(-c2cc(OC)c(OC)c(OC)c2)n1N=C(C)c1ccc2ccccc2c1O. The molecule has 4 aromatic rings. The Bertz CT molecular complexity index is 1460. The summed E-state index contributed by atoms with van der Waals surface area (Å²) in [6, 6.07) is 15.3. The zero-order valence-corrected chi connectivity index (χ0v) is 20.9. The van der Waals surface area contributed by atoms with Crippen molar-refractivity contribution < 1.29 is 19.3 Å². The number of aromatic nitrogens is 1. The molecule has 8 heteroatoms. The Morgan fingerprint density at radius 1 is 1.06 bits per heavy atom. The van der Waals surface area contributed by atoms with Gasteiger partial charge in [-0.3, -0.25) is 4.99 Å². The van der Waals surface area contributed by atoms with Gasteiger partial charge in [0.1, 0.15) is 5.75 Å². The molecule has 1 aromatic heterocycles. The van der Waals surface area contributed by atoms with Gasteiger partial charge in [0, 0.05) is 21.9 Å². The molecule has 7 nitrogen and oxygen atoms in total. The first-order valence-corrected chi connectivity index (χ1v) is 11.8. The zero-order chi connectivity index (χ0) is 24.9. The predicted molar refractivity (Wildman–Crippen MR) is 141 cm³/mol. The van der Waals surface area contributed by atoms with Crippen molar-refractivity contribution in [1.29, 1.82) is 0 Å². The van der Waals surface area contributed by atoms with Crippen molar-refractivity contribution in [3.8, 4) is 34.3 Å². The summed E-state index contributed by atoms with van der Waals surface area (Å²) >= 11 is 1.46. The van der Waals surface area contributed by atoms with Crippen molar-refractivity contribution in [3.05, 3.63) is 76.9 Å². The highest BCUT2D eigenvalue weighted by atomic mass is 32.1. The molecule has 0 unspecified atom stereocenters. The number of thiazole rings is 1. The molecule has 0 fully saturated rings. The Morgan fingerprint density at radius 3 is 2.43 bits per heavy atom. The van der Waals surface area contributed by atoms with Crippen molar-refractivity contribution >= 4 is 27.8 Å². The van der Waals surface area contributed by atoms with Crippen LogP contribution >= 0.6 is 11.3 Å². The smallest absolute Gasteiger partial charge is 0.206 e. The van der Waals surface area contributed by atoms with Crippen molar-refractivity contribution in [2.24, 2.45) is 10.1 Å². The molecular formula is C27H27N3O4S. The molecule has 180 valence electrons. The van der Waals surface area contributed by atoms with Gasteiger partial charge >= 0.3 is 0 Å². The van der Waals surface area contributed by atoms with Crippen LogP contribution in [0.25, 0.3) is 22.0 Å². The largest absolute Gasteiger partial charge is 0.507 e. The second kappa shape index (κ2) is 10.5. The molecular weight excluding hydrogens is 462 g/mol. The highest BCUT2D eigenvalue weighted by Gasteiger charge is 2.18. The number of ether oxygens (including phenoxy) is 3. The van der Waals surface area contributed by atoms with E-state index in [2.05, 4.69) is 11.6 Å². The van der Waals surface area contributed by atoms with E-state index in [1.807, 2.05) is 60.8 Å². The molecule has 0 saturated heterocycles. The first-order valence-electron chi connectivity index (χ1n) is 10.9. The van der Waals surface area contributed by atoms with Crippen LogP contribution in [0, 0.1) is 0 Å². The maximum absolute atomic E-state index is 11.0. The van der Waals surface area contributed by atoms with Gasteiger partial charge in [0.05, 0.1) is 39.3 Å². The first kappa shape index (κ1) is 24.1. The number of aromatic hydroxyl groups is 1. The van der Waals surface area contributed by atoms with Crippen LogP contribution in [-0.4, -0.2) is 43.4 Å². The highest BCUT2D eigenvalue weighted by molar-refractivity contribution is 7.07. The van der Waals surface area contributed by atoms with E-state index < -0.39 is 0 Å². The van der Waals surface area contributed by atoms with Crippen LogP contribution in [0.15, 0.2) is 76.7 Å². The normalized spacial score (nSPS) is 12.1. The van der Waals surface area contributed by atoms with E-state index in [1.165, 1.54) is 11.3 Å². The van der Waals surface area contributed by atoms with E-state index in [4.69, 9.17) is 19.3 Å². The Morgan fingerprint density at radius 2 is 1.77 bits per heavy atom. The van der Waals surface area contributed by atoms with E-state index >= 15 is 0 Å². The number of rotatable bonds is 8. The quantitative estimate of drug-likeness (QED) is 0.263. The molecule has 0 amide bonds. The van der Waals surface area contributed by atoms with Gasteiger partial charge in [-0.2, -0.15) is 5.10 Å². The third-order valence-corrected chi connectivity index (χ3v) is 6.40. The number of benzene rings is 3. The number of hydrogen-bond acceptors (Lipinski definition) is 7. The fourth-order valence-electron chi connectivity index (χ4n) is 3.83. The maximum Gasteiger partial charge on any atom is 0.206 e. The standard InChI is InChI=1S/C27H27N3O4S/c1-6-13-28-27-30(29-17(2)20-12-11-18-9-7-8-10-21(18)25(20)31)22(16-35-27)19-14-23(32-3)26(34-5)24(15-19)33-4/h6-12,14-16,31H,1,13H2,2-5H3. The van der Waals surface area contributed by atoms with Gasteiger partial charge in [0.2, 0.25) is 10.6 Å². The molecule has 4 rings (SSSR count). The molecule has 35 heavy (non-hydrogen) atoms. The minimum atomic E-state index is 0.194. The molecule has 0 saturated carbocycles. The van der Waals surface area contributed by atoms with Crippen molar-refractivity contribution in [2.75, 3.05) is 27.9 Å². The average Bonchev–Trinajstić information content (AvgIpc) is 3.28. The van der Waals surface area contributed by atoms with Crippen LogP contribution in [-0.2, 0) is 0 Å². The Kier molecular flexibility index (Phi) is 7.22. The molecule has 0 atom stereocenters. The number of phenols is 1. The second-order valence-corrected chi connectivity index (χ2v) is 8.46. The summed E-state index contributed by atoms with van der Waals surface area (Å²) in [6.07, 6.45) is 1.73. The first-order chi connectivity index (χ1) is 17.0. The summed E-state index contributed by atoms with van der Waals surface area (Å²) in [4.78, 5) is 5.30. The molecule has 0 aliphatic rings. The number of nitrogens with zero attached hydrogens (tertiary/aromatic N) is 3. The number of fused-ring (bicyclic) bond motifs is 1. The summed E-state index contributed by atoms with van der Waals surface area (Å²) in [5.74, 6) is 1.78. The zero-order valence-electron chi connectivity index (χ0n) is 20.1. The molecule has 1 heterocycles. The van der Waals surface area contributed by atoms with Gasteiger partial charge in [0.25, 0.3) is 0 Å². The van der Waals surface area contributed by atoms with Crippen molar-refractivity contribution in [1.82, 2.24) is 4.68 Å². The van der Waals surface area contributed by atoms with Crippen LogP contribution in [0.1, 0.15) is 12.5 Å². The lowest BCUT2D eigenvalue weighted by atomic mass is 10.0. The summed E-state index contributed by atoms with van der Waals surface area (Å²) in [5.41, 5.74) is 2.89. The summed E-state index contributed by atoms with van der Waals surface area (Å²) < 4.78 is 18.3. The van der Waals surface area contributed by atoms with Crippen LogP contribution in [0.3, 0.4) is 0 Å². The Labute approximate surface area is 207 Å². The fraction of sp³-hybridized carbons (Fsp3) is 0.185. The lowest BCUT2D eigenvalue weighted by molar-refractivity contribution is 0.324. The monoisotopic (exact) mass is 489 g/mol. The van der Waals surface area contributed by atoms with Gasteiger partial charge in [-0.25, -0.2) is 4.68 Å². The van der Waals surface area contributed by atoms with Gasteiger partial charge < -0.3 is 19.3 Å². The van der Waals surface area contributed by atoms with Gasteiger partial charge in [-0.15, -0.1) is 17.9 Å². The Balaban J connectivity index is 1.92. The molecule has 0 spiro atoms. The minimum Gasteiger partial charge on any atom is -0.507 e. The van der Waals surface area contributed by atoms with Gasteiger partial charge in [0.15, 0.2) is 11.5 Å². The molecule has 1 N–H and O–H groups in total. The third-order valence-electron chi connectivity index (χ3n) is 5.54. The summed E-state index contributed by atoms with van der Waals surface area (Å²) in [6.45, 7) is 6.08. The van der Waals surface area contributed by atoms with E-state index in [1.54, 1.807) is 32.1 Å². The number of hydrogen-bond donors (Lipinski definition) is 1. The number of phenolic OH excluding ortho intramolecular Hbond substituents is 1. The maximum atomic E-state index is 11.0. The van der Waals surface area contributed by atoms with Crippen molar-refractivity contribution in [3.63, 3.8) is 0 Å². The average molecular weight is 490 g/mol. The second-order valence-electron chi connectivity index (χ2n) is 7.63. The van der Waals surface area contributed by atoms with Crippen LogP contribution in [0.2, 0.25) is 0 Å². The molecule has 0 bridgehead atoms. The molecule has 0 radical (unpaired) electrons. The summed E-state index contributed by atoms with van der Waals surface area (Å²) in [5, 5.41) is 19.6. The molecule has 0 aliphatic carbocycles. The van der Waals surface area contributed by atoms with Gasteiger partial charge in [-0.1, -0.05) is 36.4 Å². The van der Waals surface area contributed by atoms with E-state index in [0.717, 1.165) is 22.0 Å². The van der Waals surface area contributed by atoms with Crippen molar-refractivity contribution in [2.45, 2.75) is 6.92 Å². The third kappa shape index (κ3) is 4.65. The topological polar surface area (TPSA) is 77.6 Å². The lowest BCUT2D eigenvalue weighted by Crippen LogP contribution is -2.14. The van der Waals surface area contributed by atoms with E-state index in [-0.39, 0.29) is 5.75 Å². The van der Waals surface area contributed by atoms with E-state index in [0.29, 0.717) is 39.9 Å². The van der Waals surface area contributed by atoms with Gasteiger partial charge in [-0.05, 0) is 30.5 Å². The van der Waals surface area contributed by atoms with E-state index in [9.17, 15) is 5.11 Å². The minimum absolute atomic E-state index is 0.194. The predicted octanol–water partition coefficient (Wildman–Crippen LogP) is 5.46. The number of methoxy groups -OCH3 is 3. The summed E-state index contributed by atoms with van der Waals surface area (Å²) in [7, 11) is 4.73. The fourth-order valence-corrected chi connectivity index (χ4v) is 4.67. The lowest BCUT2D eigenvalue weighted by Gasteiger charge is -2.14. The van der Waals surface area contributed by atoms with Crippen LogP contribution in [0.5, 0.6) is 23.0 Å². The van der Waals surface area contributed by atoms with Crippen LogP contribution < -0.4 is 19.0 Å².